The fourth-order valence-electron chi connectivity index (χ4n) is 1.57. The third-order valence-electron chi connectivity index (χ3n) is 2.65. The Morgan fingerprint density at radius 1 is 1.31 bits per heavy atom. The highest BCUT2D eigenvalue weighted by atomic mass is 16.4. The Hall–Kier alpha value is -2.10. The van der Waals surface area contributed by atoms with Crippen molar-refractivity contribution in [1.29, 1.82) is 0 Å². The highest BCUT2D eigenvalue weighted by Crippen LogP contribution is 2.20. The van der Waals surface area contributed by atoms with Gasteiger partial charge in [0.1, 0.15) is 11.1 Å². The molecule has 2 rings (SSSR count). The van der Waals surface area contributed by atoms with E-state index in [-0.39, 0.29) is 5.56 Å². The molecule has 4 heteroatoms. The summed E-state index contributed by atoms with van der Waals surface area (Å²) in [5.74, 6) is -1.27. The molecule has 0 aliphatic rings. The van der Waals surface area contributed by atoms with Crippen LogP contribution in [0.5, 0.6) is 0 Å². The van der Waals surface area contributed by atoms with Crippen molar-refractivity contribution < 1.29 is 14.3 Å². The number of rotatable bonds is 1. The maximum atomic E-state index is 11.4. The molecule has 0 bridgehead atoms. The Morgan fingerprint density at radius 2 is 2.00 bits per heavy atom. The lowest BCUT2D eigenvalue weighted by Gasteiger charge is -2.04. The predicted octanol–water partition coefficient (Wildman–Crippen LogP) is 2.11. The van der Waals surface area contributed by atoms with E-state index in [4.69, 9.17) is 9.52 Å². The van der Waals surface area contributed by atoms with Crippen molar-refractivity contribution in [2.75, 3.05) is 0 Å². The van der Waals surface area contributed by atoms with Gasteiger partial charge < -0.3 is 9.52 Å². The summed E-state index contributed by atoms with van der Waals surface area (Å²) in [7, 11) is 0. The first-order valence-corrected chi connectivity index (χ1v) is 4.78. The molecular weight excluding hydrogens is 208 g/mol. The van der Waals surface area contributed by atoms with E-state index in [2.05, 4.69) is 0 Å². The number of hydrogen-bond acceptors (Lipinski definition) is 3. The van der Waals surface area contributed by atoms with Crippen molar-refractivity contribution in [3.63, 3.8) is 0 Å². The second-order valence-electron chi connectivity index (χ2n) is 3.68. The van der Waals surface area contributed by atoms with Gasteiger partial charge in [-0.25, -0.2) is 9.59 Å². The average Bonchev–Trinajstić information content (AvgIpc) is 2.23. The van der Waals surface area contributed by atoms with Crippen LogP contribution in [-0.2, 0) is 0 Å². The van der Waals surface area contributed by atoms with Crippen molar-refractivity contribution >= 4 is 16.9 Å². The Labute approximate surface area is 91.1 Å². The summed E-state index contributed by atoms with van der Waals surface area (Å²) in [5, 5.41) is 9.41. The van der Waals surface area contributed by atoms with Crippen LogP contribution >= 0.6 is 0 Å². The third kappa shape index (κ3) is 1.48. The van der Waals surface area contributed by atoms with Crippen LogP contribution in [0.1, 0.15) is 21.5 Å². The van der Waals surface area contributed by atoms with Crippen molar-refractivity contribution in [2.24, 2.45) is 0 Å². The molecule has 0 radical (unpaired) electrons. The molecule has 82 valence electrons. The van der Waals surface area contributed by atoms with E-state index in [1.807, 2.05) is 19.9 Å². The van der Waals surface area contributed by atoms with E-state index in [1.54, 1.807) is 6.07 Å². The summed E-state index contributed by atoms with van der Waals surface area (Å²) in [6.07, 6.45) is 0. The minimum atomic E-state index is -1.27. The first-order chi connectivity index (χ1) is 7.50. The monoisotopic (exact) mass is 218 g/mol. The highest BCUT2D eigenvalue weighted by Gasteiger charge is 2.13. The molecule has 0 aliphatic carbocycles. The summed E-state index contributed by atoms with van der Waals surface area (Å²) >= 11 is 0. The molecule has 16 heavy (non-hydrogen) atoms. The Morgan fingerprint density at radius 3 is 2.62 bits per heavy atom. The number of carbonyl (C=O) groups is 1. The van der Waals surface area contributed by atoms with Crippen molar-refractivity contribution in [2.45, 2.75) is 13.8 Å². The zero-order valence-electron chi connectivity index (χ0n) is 8.90. The number of aryl methyl sites for hydroxylation is 2. The summed E-state index contributed by atoms with van der Waals surface area (Å²) < 4.78 is 5.03. The quantitative estimate of drug-likeness (QED) is 0.744. The van der Waals surface area contributed by atoms with Gasteiger partial charge in [-0.15, -0.1) is 0 Å². The summed E-state index contributed by atoms with van der Waals surface area (Å²) in [5.41, 5.74) is 1.16. The van der Waals surface area contributed by atoms with Gasteiger partial charge in [0.25, 0.3) is 0 Å². The highest BCUT2D eigenvalue weighted by molar-refractivity contribution is 5.92. The first-order valence-electron chi connectivity index (χ1n) is 4.78. The van der Waals surface area contributed by atoms with Gasteiger partial charge in [0.05, 0.1) is 0 Å². The summed E-state index contributed by atoms with van der Waals surface area (Å²) in [6, 6.07) is 4.95. The first kappa shape index (κ1) is 10.4. The number of benzene rings is 1. The van der Waals surface area contributed by atoms with Crippen LogP contribution in [0, 0.1) is 13.8 Å². The molecule has 2 aromatic rings. The average molecular weight is 218 g/mol. The van der Waals surface area contributed by atoms with Crippen molar-refractivity contribution in [3.8, 4) is 0 Å². The molecule has 0 aliphatic heterocycles. The summed E-state index contributed by atoms with van der Waals surface area (Å²) in [6.45, 7) is 3.74. The second-order valence-corrected chi connectivity index (χ2v) is 3.68. The molecule has 1 aromatic carbocycles. The largest absolute Gasteiger partial charge is 0.477 e. The summed E-state index contributed by atoms with van der Waals surface area (Å²) in [4.78, 5) is 22.1. The number of hydrogen-bond donors (Lipinski definition) is 1. The molecule has 0 saturated heterocycles. The number of fused-ring (bicyclic) bond motifs is 1. The fraction of sp³-hybridized carbons (Fsp3) is 0.167. The molecule has 1 heterocycles. The normalized spacial score (nSPS) is 10.6. The van der Waals surface area contributed by atoms with Crippen LogP contribution in [0.2, 0.25) is 0 Å². The van der Waals surface area contributed by atoms with Gasteiger partial charge in [0.2, 0.25) is 0 Å². The number of aromatic carboxylic acids is 1. The minimum absolute atomic E-state index is 0.337. The molecular formula is C12H10O4. The zero-order valence-corrected chi connectivity index (χ0v) is 8.90. The van der Waals surface area contributed by atoms with Gasteiger partial charge in [0, 0.05) is 5.39 Å². The standard InChI is InChI=1S/C12H10O4/c1-6-3-4-8-5-9(11(13)14)12(15)16-10(8)7(6)2/h3-5H,1-2H3,(H,13,14). The Balaban J connectivity index is 2.89. The third-order valence-corrected chi connectivity index (χ3v) is 2.65. The van der Waals surface area contributed by atoms with E-state index in [0.717, 1.165) is 11.1 Å². The number of carboxylic acid groups (broad SMARTS) is 1. The Kier molecular flexibility index (Phi) is 2.27. The fourth-order valence-corrected chi connectivity index (χ4v) is 1.57. The van der Waals surface area contributed by atoms with Crippen molar-refractivity contribution in [3.05, 3.63) is 45.3 Å². The van der Waals surface area contributed by atoms with Crippen LogP contribution < -0.4 is 5.63 Å². The SMILES string of the molecule is Cc1ccc2cc(C(=O)O)c(=O)oc2c1C. The molecule has 4 nitrogen and oxygen atoms in total. The molecule has 0 amide bonds. The number of carboxylic acids is 1. The van der Waals surface area contributed by atoms with Gasteiger partial charge in [-0.05, 0) is 31.0 Å². The van der Waals surface area contributed by atoms with Crippen LogP contribution in [0.4, 0.5) is 0 Å². The minimum Gasteiger partial charge on any atom is -0.477 e. The second kappa shape index (κ2) is 3.48. The van der Waals surface area contributed by atoms with Crippen LogP contribution in [0.3, 0.4) is 0 Å². The maximum absolute atomic E-state index is 11.4. The molecule has 1 aromatic heterocycles. The smallest absolute Gasteiger partial charge is 0.351 e. The Bertz CT molecular complexity index is 637. The van der Waals surface area contributed by atoms with Crippen molar-refractivity contribution in [1.82, 2.24) is 0 Å². The van der Waals surface area contributed by atoms with Gasteiger partial charge in [-0.3, -0.25) is 0 Å². The maximum Gasteiger partial charge on any atom is 0.351 e. The topological polar surface area (TPSA) is 67.5 Å². The lowest BCUT2D eigenvalue weighted by Crippen LogP contribution is -2.13. The van der Waals surface area contributed by atoms with Crippen LogP contribution in [0.15, 0.2) is 27.4 Å². The van der Waals surface area contributed by atoms with Gasteiger partial charge in [0.15, 0.2) is 0 Å². The lowest BCUT2D eigenvalue weighted by molar-refractivity contribution is 0.0692. The lowest BCUT2D eigenvalue weighted by atomic mass is 10.1. The van der Waals surface area contributed by atoms with Crippen LogP contribution in [0.25, 0.3) is 11.0 Å². The van der Waals surface area contributed by atoms with Gasteiger partial charge in [-0.2, -0.15) is 0 Å². The van der Waals surface area contributed by atoms with Gasteiger partial charge >= 0.3 is 11.6 Å². The zero-order chi connectivity index (χ0) is 11.9. The molecule has 0 spiro atoms. The van der Waals surface area contributed by atoms with E-state index in [0.29, 0.717) is 11.0 Å². The molecule has 0 atom stereocenters. The van der Waals surface area contributed by atoms with E-state index < -0.39 is 11.6 Å². The molecule has 1 N–H and O–H groups in total. The molecule has 0 fully saturated rings. The van der Waals surface area contributed by atoms with Crippen LogP contribution in [-0.4, -0.2) is 11.1 Å². The van der Waals surface area contributed by atoms with E-state index in [1.165, 1.54) is 6.07 Å². The van der Waals surface area contributed by atoms with E-state index >= 15 is 0 Å². The van der Waals surface area contributed by atoms with E-state index in [9.17, 15) is 9.59 Å². The van der Waals surface area contributed by atoms with Gasteiger partial charge in [-0.1, -0.05) is 12.1 Å². The molecule has 0 saturated carbocycles. The predicted molar refractivity (Wildman–Crippen MR) is 58.9 cm³/mol. The molecule has 0 unspecified atom stereocenters.